The van der Waals surface area contributed by atoms with E-state index in [0.717, 1.165) is 0 Å². The van der Waals surface area contributed by atoms with Crippen LogP contribution in [0.2, 0.25) is 0 Å². The largest absolute Gasteiger partial charge is 0.384 e. The summed E-state index contributed by atoms with van der Waals surface area (Å²) in [6, 6.07) is 2.19. The van der Waals surface area contributed by atoms with E-state index in [1.54, 1.807) is 17.0 Å². The number of pyridine rings is 1. The first-order valence-electron chi connectivity index (χ1n) is 9.00. The molecule has 0 spiro atoms. The van der Waals surface area contributed by atoms with Gasteiger partial charge < -0.3 is 25.6 Å². The van der Waals surface area contributed by atoms with Crippen LogP contribution in [0.4, 0.5) is 5.82 Å². The van der Waals surface area contributed by atoms with Crippen LogP contribution in [0.25, 0.3) is 0 Å². The zero-order chi connectivity index (χ0) is 20.0. The summed E-state index contributed by atoms with van der Waals surface area (Å²) in [6.45, 7) is 5.06. The fourth-order valence-electron chi connectivity index (χ4n) is 3.21. The molecule has 148 valence electrons. The van der Waals surface area contributed by atoms with Crippen molar-refractivity contribution in [1.82, 2.24) is 20.1 Å². The number of nitrogens with zero attached hydrogens (tertiary/aromatic N) is 3. The zero-order valence-corrected chi connectivity index (χ0v) is 16.0. The molecule has 1 aliphatic rings. The Bertz CT molecular complexity index is 675. The van der Waals surface area contributed by atoms with E-state index in [1.807, 2.05) is 13.8 Å². The predicted molar refractivity (Wildman–Crippen MR) is 99.8 cm³/mol. The molecule has 2 heterocycles. The third kappa shape index (κ3) is 4.94. The maximum absolute atomic E-state index is 12.8. The average Bonchev–Trinajstić information content (AvgIpc) is 3.07. The minimum absolute atomic E-state index is 0.107. The van der Waals surface area contributed by atoms with Crippen molar-refractivity contribution in [3.8, 4) is 0 Å². The average molecular weight is 377 g/mol. The van der Waals surface area contributed by atoms with Gasteiger partial charge in [0.2, 0.25) is 11.8 Å². The number of likely N-dealkylation sites (N-methyl/N-ethyl adjacent to an activating group) is 1. The molecule has 0 radical (unpaired) electrons. The first kappa shape index (κ1) is 20.6. The van der Waals surface area contributed by atoms with Crippen molar-refractivity contribution in [2.75, 3.05) is 39.1 Å². The minimum atomic E-state index is -0.609. The van der Waals surface area contributed by atoms with Crippen molar-refractivity contribution in [2.45, 2.75) is 32.4 Å². The highest BCUT2D eigenvalue weighted by Crippen LogP contribution is 2.21. The van der Waals surface area contributed by atoms with Crippen molar-refractivity contribution < 1.29 is 19.1 Å². The molecule has 9 nitrogen and oxygen atoms in total. The second kappa shape index (κ2) is 9.31. The quantitative estimate of drug-likeness (QED) is 0.684. The van der Waals surface area contributed by atoms with Gasteiger partial charge in [-0.05, 0) is 32.4 Å². The molecule has 27 heavy (non-hydrogen) atoms. The van der Waals surface area contributed by atoms with Gasteiger partial charge in [-0.2, -0.15) is 0 Å². The van der Waals surface area contributed by atoms with E-state index in [1.165, 1.54) is 18.2 Å². The second-order valence-corrected chi connectivity index (χ2v) is 6.38. The fourth-order valence-corrected chi connectivity index (χ4v) is 3.21. The summed E-state index contributed by atoms with van der Waals surface area (Å²) in [7, 11) is 1.43. The molecule has 0 bridgehead atoms. The summed E-state index contributed by atoms with van der Waals surface area (Å²) in [5.41, 5.74) is 5.91. The number of aromatic nitrogens is 1. The maximum Gasteiger partial charge on any atom is 0.253 e. The van der Waals surface area contributed by atoms with Crippen LogP contribution < -0.4 is 11.1 Å². The number of amides is 3. The van der Waals surface area contributed by atoms with Crippen LogP contribution in [0, 0.1) is 0 Å². The van der Waals surface area contributed by atoms with Gasteiger partial charge in [-0.1, -0.05) is 0 Å². The lowest BCUT2D eigenvalue weighted by molar-refractivity contribution is -0.145. The Morgan fingerprint density at radius 3 is 2.59 bits per heavy atom. The monoisotopic (exact) mass is 377 g/mol. The van der Waals surface area contributed by atoms with Gasteiger partial charge in [0.1, 0.15) is 18.5 Å². The number of carbonyl (C=O) groups excluding carboxylic acids is 3. The fraction of sp³-hybridized carbons (Fsp3) is 0.556. The number of likely N-dealkylation sites (tertiary alicyclic amines) is 1. The van der Waals surface area contributed by atoms with Gasteiger partial charge in [0.05, 0.1) is 5.56 Å². The zero-order valence-electron chi connectivity index (χ0n) is 16.0. The minimum Gasteiger partial charge on any atom is -0.384 e. The first-order valence-corrected chi connectivity index (χ1v) is 9.00. The van der Waals surface area contributed by atoms with Crippen molar-refractivity contribution in [3.63, 3.8) is 0 Å². The summed E-state index contributed by atoms with van der Waals surface area (Å²) in [6.07, 6.45) is 1.75. The Balaban J connectivity index is 2.12. The van der Waals surface area contributed by atoms with Crippen LogP contribution in [-0.2, 0) is 14.3 Å². The van der Waals surface area contributed by atoms with Gasteiger partial charge in [0, 0.05) is 39.0 Å². The second-order valence-electron chi connectivity index (χ2n) is 6.38. The molecule has 1 aliphatic heterocycles. The van der Waals surface area contributed by atoms with Gasteiger partial charge in [-0.15, -0.1) is 0 Å². The maximum atomic E-state index is 12.8. The third-order valence-corrected chi connectivity index (χ3v) is 4.63. The topological polar surface area (TPSA) is 118 Å². The molecule has 3 N–H and O–H groups in total. The molecule has 0 aliphatic carbocycles. The molecule has 0 aromatic carbocycles. The Hall–Kier alpha value is -2.68. The van der Waals surface area contributed by atoms with E-state index in [0.29, 0.717) is 30.9 Å². The number of ether oxygens (including phenoxy) is 1. The van der Waals surface area contributed by atoms with E-state index in [4.69, 9.17) is 10.5 Å². The summed E-state index contributed by atoms with van der Waals surface area (Å²) in [5, 5.41) is 2.88. The van der Waals surface area contributed by atoms with Crippen molar-refractivity contribution in [3.05, 3.63) is 23.9 Å². The molecule has 2 rings (SSSR count). The lowest BCUT2D eigenvalue weighted by atomic mass is 10.1. The molecule has 0 unspecified atom stereocenters. The molecule has 1 saturated heterocycles. The molecule has 1 aromatic rings. The van der Waals surface area contributed by atoms with Crippen LogP contribution in [-0.4, -0.2) is 77.9 Å². The number of nitrogens with two attached hydrogens (primary N) is 1. The molecule has 2 atom stereocenters. The summed E-state index contributed by atoms with van der Waals surface area (Å²) < 4.78 is 4.93. The third-order valence-electron chi connectivity index (χ3n) is 4.63. The number of methoxy groups -OCH3 is 1. The van der Waals surface area contributed by atoms with E-state index in [-0.39, 0.29) is 36.9 Å². The lowest BCUT2D eigenvalue weighted by Gasteiger charge is -2.28. The highest BCUT2D eigenvalue weighted by atomic mass is 16.5. The molecule has 9 heteroatoms. The van der Waals surface area contributed by atoms with Gasteiger partial charge in [-0.25, -0.2) is 4.98 Å². The summed E-state index contributed by atoms with van der Waals surface area (Å²) in [4.78, 5) is 44.7. The van der Waals surface area contributed by atoms with Crippen LogP contribution in [0.15, 0.2) is 18.3 Å². The highest BCUT2D eigenvalue weighted by molar-refractivity contribution is 5.95. The Morgan fingerprint density at radius 1 is 1.33 bits per heavy atom. The van der Waals surface area contributed by atoms with Gasteiger partial charge in [-0.3, -0.25) is 14.4 Å². The smallest absolute Gasteiger partial charge is 0.253 e. The number of hydrogen-bond donors (Lipinski definition) is 2. The van der Waals surface area contributed by atoms with Crippen molar-refractivity contribution in [1.29, 1.82) is 0 Å². The van der Waals surface area contributed by atoms with E-state index in [9.17, 15) is 14.4 Å². The number of nitrogens with one attached hydrogen (secondary N) is 1. The van der Waals surface area contributed by atoms with E-state index < -0.39 is 6.04 Å². The number of carbonyl (C=O) groups is 3. The SMILES string of the molecule is CCN(CC)C(=O)[C@@H]1C[C@H](NC(=O)c2ccc(N)nc2)CN1C(=O)COC. The van der Waals surface area contributed by atoms with Crippen molar-refractivity contribution >= 4 is 23.5 Å². The van der Waals surface area contributed by atoms with Gasteiger partial charge in [0.15, 0.2) is 0 Å². The molecule has 1 fully saturated rings. The van der Waals surface area contributed by atoms with Crippen LogP contribution in [0.1, 0.15) is 30.6 Å². The molecular weight excluding hydrogens is 350 g/mol. The first-order chi connectivity index (χ1) is 12.9. The Morgan fingerprint density at radius 2 is 2.04 bits per heavy atom. The predicted octanol–water partition coefficient (Wildman–Crippen LogP) is -0.122. The lowest BCUT2D eigenvalue weighted by Crippen LogP contribution is -2.48. The van der Waals surface area contributed by atoms with Crippen LogP contribution in [0.3, 0.4) is 0 Å². The molecule has 3 amide bonds. The molecule has 0 saturated carbocycles. The molecular formula is C18H27N5O4. The number of anilines is 1. The highest BCUT2D eigenvalue weighted by Gasteiger charge is 2.41. The Labute approximate surface area is 158 Å². The van der Waals surface area contributed by atoms with E-state index in [2.05, 4.69) is 10.3 Å². The van der Waals surface area contributed by atoms with Crippen LogP contribution in [0.5, 0.6) is 0 Å². The summed E-state index contributed by atoms with van der Waals surface area (Å²) >= 11 is 0. The normalized spacial score (nSPS) is 19.0. The standard InChI is InChI=1S/C18H27N5O4/c1-4-22(5-2)18(26)14-8-13(10-23(14)16(24)11-27-3)21-17(25)12-6-7-15(19)20-9-12/h6-7,9,13-14H,4-5,8,10-11H2,1-3H3,(H2,19,20)(H,21,25)/t13-,14-/m0/s1. The number of nitrogen functional groups attached to an aromatic ring is 1. The van der Waals surface area contributed by atoms with Crippen LogP contribution >= 0.6 is 0 Å². The van der Waals surface area contributed by atoms with Gasteiger partial charge in [0.25, 0.3) is 5.91 Å². The van der Waals surface area contributed by atoms with Gasteiger partial charge >= 0.3 is 0 Å². The summed E-state index contributed by atoms with van der Waals surface area (Å²) in [5.74, 6) is -0.375. The van der Waals surface area contributed by atoms with E-state index >= 15 is 0 Å². The number of hydrogen-bond acceptors (Lipinski definition) is 6. The number of rotatable bonds is 7. The molecule has 1 aromatic heterocycles. The Kier molecular flexibility index (Phi) is 7.12. The van der Waals surface area contributed by atoms with Crippen molar-refractivity contribution in [2.24, 2.45) is 0 Å².